The Morgan fingerprint density at radius 3 is 3.00 bits per heavy atom. The Bertz CT molecular complexity index is 317. The molecule has 0 aliphatic heterocycles. The van der Waals surface area contributed by atoms with Crippen LogP contribution in [0.25, 0.3) is 0 Å². The second kappa shape index (κ2) is 3.42. The van der Waals surface area contributed by atoms with Crippen LogP contribution >= 0.6 is 0 Å². The first-order valence-corrected chi connectivity index (χ1v) is 4.67. The molecule has 76 valence electrons. The van der Waals surface area contributed by atoms with Gasteiger partial charge in [0.25, 0.3) is 0 Å². The number of aromatic nitrogens is 1. The molecular weight excluding hydrogens is 182 g/mol. The van der Waals surface area contributed by atoms with Gasteiger partial charge >= 0.3 is 0 Å². The lowest BCUT2D eigenvalue weighted by Gasteiger charge is -2.36. The predicted octanol–water partition coefficient (Wildman–Crippen LogP) is 0.172. The van der Waals surface area contributed by atoms with Crippen LogP contribution in [0.15, 0.2) is 16.9 Å². The number of rotatable bonds is 3. The Labute approximate surface area is 81.6 Å². The van der Waals surface area contributed by atoms with Crippen LogP contribution in [0, 0.1) is 0 Å². The van der Waals surface area contributed by atoms with Gasteiger partial charge in [-0.25, -0.2) is 0 Å². The summed E-state index contributed by atoms with van der Waals surface area (Å²) >= 11 is 0. The fraction of sp³-hybridized carbons (Fsp3) is 0.556. The average Bonchev–Trinajstić information content (AvgIpc) is 2.62. The van der Waals surface area contributed by atoms with Crippen molar-refractivity contribution in [2.75, 3.05) is 0 Å². The zero-order valence-corrected chi connectivity index (χ0v) is 7.82. The van der Waals surface area contributed by atoms with Crippen molar-refractivity contribution < 1.29 is 9.32 Å². The van der Waals surface area contributed by atoms with Gasteiger partial charge in [-0.2, -0.15) is 0 Å². The topological polar surface area (TPSA) is 81.2 Å². The quantitative estimate of drug-likeness (QED) is 0.720. The van der Waals surface area contributed by atoms with Gasteiger partial charge in [0.2, 0.25) is 5.91 Å². The summed E-state index contributed by atoms with van der Waals surface area (Å²) in [5, 5.41) is 6.42. The third-order valence-corrected chi connectivity index (χ3v) is 2.62. The lowest BCUT2D eigenvalue weighted by Crippen LogP contribution is -2.58. The number of carbonyl (C=O) groups excluding carboxylic acids is 1. The van der Waals surface area contributed by atoms with Crippen LogP contribution in [-0.4, -0.2) is 16.6 Å². The van der Waals surface area contributed by atoms with Crippen molar-refractivity contribution in [3.8, 4) is 0 Å². The van der Waals surface area contributed by atoms with Crippen LogP contribution in [0.4, 0.5) is 0 Å². The Hall–Kier alpha value is -1.36. The number of nitrogens with one attached hydrogen (secondary N) is 1. The highest BCUT2D eigenvalue weighted by atomic mass is 16.5. The molecule has 5 nitrogen and oxygen atoms in total. The Balaban J connectivity index is 1.84. The van der Waals surface area contributed by atoms with Crippen LogP contribution in [0.3, 0.4) is 0 Å². The fourth-order valence-electron chi connectivity index (χ4n) is 1.46. The van der Waals surface area contributed by atoms with Crippen molar-refractivity contribution in [3.63, 3.8) is 0 Å². The highest BCUT2D eigenvalue weighted by molar-refractivity contribution is 5.86. The van der Waals surface area contributed by atoms with Gasteiger partial charge in [-0.05, 0) is 19.3 Å². The summed E-state index contributed by atoms with van der Waals surface area (Å²) in [6, 6.07) is 1.71. The monoisotopic (exact) mass is 195 g/mol. The highest BCUT2D eigenvalue weighted by Crippen LogP contribution is 2.28. The van der Waals surface area contributed by atoms with Crippen molar-refractivity contribution in [3.05, 3.63) is 18.0 Å². The van der Waals surface area contributed by atoms with Gasteiger partial charge in [-0.1, -0.05) is 5.16 Å². The molecule has 1 aromatic heterocycles. The van der Waals surface area contributed by atoms with E-state index < -0.39 is 5.54 Å². The molecule has 14 heavy (non-hydrogen) atoms. The van der Waals surface area contributed by atoms with Gasteiger partial charge in [-0.15, -0.1) is 0 Å². The minimum atomic E-state index is -0.635. The largest absolute Gasteiger partial charge is 0.364 e. The summed E-state index contributed by atoms with van der Waals surface area (Å²) in [7, 11) is 0. The first-order chi connectivity index (χ1) is 6.71. The van der Waals surface area contributed by atoms with E-state index in [0.29, 0.717) is 12.2 Å². The third-order valence-electron chi connectivity index (χ3n) is 2.62. The van der Waals surface area contributed by atoms with Gasteiger partial charge in [0.1, 0.15) is 12.0 Å². The maximum Gasteiger partial charge on any atom is 0.240 e. The molecule has 1 saturated carbocycles. The number of hydrogen-bond acceptors (Lipinski definition) is 4. The molecular formula is C9H13N3O2. The molecule has 0 unspecified atom stereocenters. The van der Waals surface area contributed by atoms with E-state index in [1.54, 1.807) is 6.07 Å². The molecule has 1 fully saturated rings. The normalized spacial score (nSPS) is 18.6. The van der Waals surface area contributed by atoms with E-state index in [1.165, 1.54) is 6.26 Å². The second-order valence-electron chi connectivity index (χ2n) is 3.68. The van der Waals surface area contributed by atoms with Gasteiger partial charge in [0.15, 0.2) is 0 Å². The standard InChI is InChI=1S/C9H13N3O2/c10-9(3-1-4-9)8(13)11-6-7-2-5-14-12-7/h2,5H,1,3-4,6,10H2,(H,11,13). The summed E-state index contributed by atoms with van der Waals surface area (Å²) in [5.74, 6) is -0.0910. The Morgan fingerprint density at radius 2 is 2.50 bits per heavy atom. The second-order valence-corrected chi connectivity index (χ2v) is 3.68. The number of nitrogens with zero attached hydrogens (tertiary/aromatic N) is 1. The fourth-order valence-corrected chi connectivity index (χ4v) is 1.46. The van der Waals surface area contributed by atoms with Crippen LogP contribution in [-0.2, 0) is 11.3 Å². The van der Waals surface area contributed by atoms with Gasteiger partial charge in [0, 0.05) is 6.07 Å². The molecule has 0 atom stereocenters. The lowest BCUT2D eigenvalue weighted by molar-refractivity contribution is -0.129. The molecule has 0 radical (unpaired) electrons. The van der Waals surface area contributed by atoms with Crippen LogP contribution in [0.1, 0.15) is 25.0 Å². The molecule has 1 heterocycles. The van der Waals surface area contributed by atoms with E-state index >= 15 is 0 Å². The molecule has 1 aliphatic carbocycles. The summed E-state index contributed by atoms with van der Waals surface area (Å²) in [5.41, 5.74) is 5.90. The molecule has 3 N–H and O–H groups in total. The molecule has 0 aromatic carbocycles. The summed E-state index contributed by atoms with van der Waals surface area (Å²) in [6.45, 7) is 0.383. The highest BCUT2D eigenvalue weighted by Gasteiger charge is 2.39. The zero-order chi connectivity index (χ0) is 10.0. The molecule has 0 saturated heterocycles. The predicted molar refractivity (Wildman–Crippen MR) is 49.1 cm³/mol. The van der Waals surface area contributed by atoms with Crippen molar-refractivity contribution in [2.45, 2.75) is 31.3 Å². The van der Waals surface area contributed by atoms with E-state index in [0.717, 1.165) is 19.3 Å². The third kappa shape index (κ3) is 1.63. The molecule has 0 bridgehead atoms. The average molecular weight is 195 g/mol. The number of hydrogen-bond donors (Lipinski definition) is 2. The minimum absolute atomic E-state index is 0.0910. The van der Waals surface area contributed by atoms with E-state index in [1.807, 2.05) is 0 Å². The Morgan fingerprint density at radius 1 is 1.71 bits per heavy atom. The van der Waals surface area contributed by atoms with Gasteiger partial charge in [0.05, 0.1) is 12.1 Å². The molecule has 5 heteroatoms. The van der Waals surface area contributed by atoms with Crippen molar-refractivity contribution >= 4 is 5.91 Å². The van der Waals surface area contributed by atoms with Crippen LogP contribution < -0.4 is 11.1 Å². The van der Waals surface area contributed by atoms with Crippen molar-refractivity contribution in [2.24, 2.45) is 5.73 Å². The molecule has 1 aromatic rings. The first kappa shape index (κ1) is 9.21. The zero-order valence-electron chi connectivity index (χ0n) is 7.82. The van der Waals surface area contributed by atoms with Crippen LogP contribution in [0.2, 0.25) is 0 Å². The Kier molecular flexibility index (Phi) is 2.25. The summed E-state index contributed by atoms with van der Waals surface area (Å²) < 4.78 is 4.64. The maximum absolute atomic E-state index is 11.5. The molecule has 2 rings (SSSR count). The van der Waals surface area contributed by atoms with E-state index in [9.17, 15) is 4.79 Å². The summed E-state index contributed by atoms with van der Waals surface area (Å²) in [4.78, 5) is 11.5. The number of amides is 1. The van der Waals surface area contributed by atoms with Crippen LogP contribution in [0.5, 0.6) is 0 Å². The van der Waals surface area contributed by atoms with Crippen molar-refractivity contribution in [1.29, 1.82) is 0 Å². The number of nitrogens with two attached hydrogens (primary N) is 1. The molecule has 0 spiro atoms. The van der Waals surface area contributed by atoms with Gasteiger partial charge < -0.3 is 15.6 Å². The number of carbonyl (C=O) groups is 1. The maximum atomic E-state index is 11.5. The van der Waals surface area contributed by atoms with Gasteiger partial charge in [-0.3, -0.25) is 4.79 Å². The van der Waals surface area contributed by atoms with E-state index in [4.69, 9.17) is 5.73 Å². The SMILES string of the molecule is NC1(C(=O)NCc2ccon2)CCC1. The van der Waals surface area contributed by atoms with E-state index in [-0.39, 0.29) is 5.91 Å². The van der Waals surface area contributed by atoms with Crippen molar-refractivity contribution in [1.82, 2.24) is 10.5 Å². The lowest BCUT2D eigenvalue weighted by atomic mass is 9.77. The molecule has 1 amide bonds. The smallest absolute Gasteiger partial charge is 0.240 e. The molecule has 1 aliphatic rings. The van der Waals surface area contributed by atoms with E-state index in [2.05, 4.69) is 15.0 Å². The first-order valence-electron chi connectivity index (χ1n) is 4.67. The minimum Gasteiger partial charge on any atom is -0.364 e. The summed E-state index contributed by atoms with van der Waals surface area (Å²) in [6.07, 6.45) is 4.06.